The van der Waals surface area contributed by atoms with E-state index >= 15 is 0 Å². The molecule has 30 heavy (non-hydrogen) atoms. The molecule has 148 valence electrons. The highest BCUT2D eigenvalue weighted by molar-refractivity contribution is 6.30. The van der Waals surface area contributed by atoms with Crippen molar-refractivity contribution in [3.63, 3.8) is 0 Å². The fraction of sp³-hybridized carbons (Fsp3) is 0.120. The molecule has 0 fully saturated rings. The lowest BCUT2D eigenvalue weighted by molar-refractivity contribution is 0.611. The van der Waals surface area contributed by atoms with Gasteiger partial charge in [-0.25, -0.2) is 4.68 Å². The molecule has 0 bridgehead atoms. The normalized spacial score (nSPS) is 15.3. The van der Waals surface area contributed by atoms with Crippen molar-refractivity contribution in [2.24, 2.45) is 0 Å². The maximum absolute atomic E-state index is 6.09. The van der Waals surface area contributed by atoms with E-state index in [0.717, 1.165) is 27.8 Å². The van der Waals surface area contributed by atoms with Gasteiger partial charge in [-0.2, -0.15) is 4.98 Å². The van der Waals surface area contributed by atoms with Crippen LogP contribution in [0.5, 0.6) is 0 Å². The Hall–Kier alpha value is -3.37. The first-order valence-corrected chi connectivity index (χ1v) is 10.3. The van der Waals surface area contributed by atoms with Crippen molar-refractivity contribution in [1.82, 2.24) is 14.8 Å². The zero-order valence-electron chi connectivity index (χ0n) is 16.8. The molecule has 3 aromatic carbocycles. The maximum atomic E-state index is 6.09. The second-order valence-corrected chi connectivity index (χ2v) is 8.02. The quantitative estimate of drug-likeness (QED) is 0.431. The average Bonchev–Trinajstić information content (AvgIpc) is 3.19. The first-order chi connectivity index (χ1) is 14.6. The van der Waals surface area contributed by atoms with Gasteiger partial charge in [0.2, 0.25) is 5.95 Å². The minimum absolute atomic E-state index is 0.0557. The summed E-state index contributed by atoms with van der Waals surface area (Å²) in [6.07, 6.45) is 2.20. The third-order valence-corrected chi connectivity index (χ3v) is 5.69. The number of benzene rings is 3. The SMILES string of the molecule is Cc1ccc(-c2nc3n(n2)C(c2ccccc2C)C=C(c2ccc(Cl)cc2)N3)cc1. The standard InChI is InChI=1S/C25H21ClN4/c1-16-7-9-19(10-8-16)24-28-25-27-22(18-11-13-20(26)14-12-18)15-23(30(25)29-24)21-6-4-3-5-17(21)2/h3-15,23H,1-2H3,(H,27,28,29). The van der Waals surface area contributed by atoms with Crippen LogP contribution in [0.25, 0.3) is 17.1 Å². The lowest BCUT2D eigenvalue weighted by Gasteiger charge is -2.25. The maximum Gasteiger partial charge on any atom is 0.227 e. The molecule has 1 aliphatic rings. The van der Waals surface area contributed by atoms with Crippen LogP contribution in [0, 0.1) is 13.8 Å². The van der Waals surface area contributed by atoms with Crippen molar-refractivity contribution in [2.45, 2.75) is 19.9 Å². The molecule has 5 rings (SSSR count). The first kappa shape index (κ1) is 18.6. The predicted molar refractivity (Wildman–Crippen MR) is 123 cm³/mol. The third kappa shape index (κ3) is 3.40. The fourth-order valence-corrected chi connectivity index (χ4v) is 3.88. The Morgan fingerprint density at radius 3 is 2.30 bits per heavy atom. The van der Waals surface area contributed by atoms with E-state index in [0.29, 0.717) is 5.82 Å². The Bertz CT molecular complexity index is 1240. The summed E-state index contributed by atoms with van der Waals surface area (Å²) in [5.41, 5.74) is 6.69. The number of hydrogen-bond acceptors (Lipinski definition) is 3. The second-order valence-electron chi connectivity index (χ2n) is 7.58. The molecule has 1 aliphatic heterocycles. The summed E-state index contributed by atoms with van der Waals surface area (Å²) >= 11 is 6.09. The summed E-state index contributed by atoms with van der Waals surface area (Å²) < 4.78 is 1.97. The minimum atomic E-state index is -0.0557. The highest BCUT2D eigenvalue weighted by Crippen LogP contribution is 2.35. The number of anilines is 1. The van der Waals surface area contributed by atoms with Gasteiger partial charge in [-0.15, -0.1) is 5.10 Å². The summed E-state index contributed by atoms with van der Waals surface area (Å²) in [5, 5.41) is 9.05. The largest absolute Gasteiger partial charge is 0.324 e. The van der Waals surface area contributed by atoms with Crippen LogP contribution in [-0.4, -0.2) is 14.8 Å². The Morgan fingerprint density at radius 1 is 0.867 bits per heavy atom. The van der Waals surface area contributed by atoms with E-state index in [1.807, 2.05) is 28.9 Å². The van der Waals surface area contributed by atoms with E-state index in [1.54, 1.807) is 0 Å². The average molecular weight is 413 g/mol. The van der Waals surface area contributed by atoms with Gasteiger partial charge in [-0.1, -0.05) is 77.8 Å². The van der Waals surface area contributed by atoms with Crippen molar-refractivity contribution in [3.05, 3.63) is 106 Å². The monoisotopic (exact) mass is 412 g/mol. The van der Waals surface area contributed by atoms with E-state index in [4.69, 9.17) is 21.7 Å². The molecule has 4 aromatic rings. The molecular weight excluding hydrogens is 392 g/mol. The summed E-state index contributed by atoms with van der Waals surface area (Å²) in [6.45, 7) is 4.21. The van der Waals surface area contributed by atoms with Gasteiger partial charge >= 0.3 is 0 Å². The minimum Gasteiger partial charge on any atom is -0.324 e. The molecule has 0 saturated heterocycles. The van der Waals surface area contributed by atoms with Crippen molar-refractivity contribution < 1.29 is 0 Å². The molecule has 1 aromatic heterocycles. The van der Waals surface area contributed by atoms with Crippen LogP contribution in [0.4, 0.5) is 5.95 Å². The number of nitrogens with one attached hydrogen (secondary N) is 1. The molecule has 0 radical (unpaired) electrons. The predicted octanol–water partition coefficient (Wildman–Crippen LogP) is 6.27. The van der Waals surface area contributed by atoms with E-state index < -0.39 is 0 Å². The lowest BCUT2D eigenvalue weighted by Crippen LogP contribution is -2.20. The zero-order valence-corrected chi connectivity index (χ0v) is 17.6. The number of nitrogens with zero attached hydrogens (tertiary/aromatic N) is 3. The molecule has 5 heteroatoms. The van der Waals surface area contributed by atoms with E-state index in [1.165, 1.54) is 16.7 Å². The van der Waals surface area contributed by atoms with Gasteiger partial charge in [0.1, 0.15) is 6.04 Å². The zero-order chi connectivity index (χ0) is 20.7. The van der Waals surface area contributed by atoms with E-state index in [9.17, 15) is 0 Å². The number of hydrogen-bond donors (Lipinski definition) is 1. The van der Waals surface area contributed by atoms with Gasteiger partial charge in [0.15, 0.2) is 5.82 Å². The molecule has 1 N–H and O–H groups in total. The van der Waals surface area contributed by atoms with Crippen molar-refractivity contribution >= 4 is 23.2 Å². The van der Waals surface area contributed by atoms with Gasteiger partial charge < -0.3 is 5.32 Å². The molecule has 0 spiro atoms. The van der Waals surface area contributed by atoms with E-state index in [2.05, 4.69) is 73.8 Å². The first-order valence-electron chi connectivity index (χ1n) is 9.92. The van der Waals surface area contributed by atoms with Crippen LogP contribution in [0.2, 0.25) is 5.02 Å². The third-order valence-electron chi connectivity index (χ3n) is 5.44. The van der Waals surface area contributed by atoms with Gasteiger partial charge in [0.05, 0.1) is 0 Å². The molecule has 1 unspecified atom stereocenters. The van der Waals surface area contributed by atoms with Crippen LogP contribution in [0.3, 0.4) is 0 Å². The lowest BCUT2D eigenvalue weighted by atomic mass is 9.98. The number of rotatable bonds is 3. The highest BCUT2D eigenvalue weighted by Gasteiger charge is 2.26. The van der Waals surface area contributed by atoms with Crippen LogP contribution in [-0.2, 0) is 0 Å². The number of halogens is 1. The molecule has 4 nitrogen and oxygen atoms in total. The molecule has 1 atom stereocenters. The van der Waals surface area contributed by atoms with Crippen LogP contribution in [0.15, 0.2) is 78.9 Å². The van der Waals surface area contributed by atoms with Crippen molar-refractivity contribution in [3.8, 4) is 11.4 Å². The van der Waals surface area contributed by atoms with Crippen LogP contribution in [0.1, 0.15) is 28.3 Å². The van der Waals surface area contributed by atoms with Crippen molar-refractivity contribution in [1.29, 1.82) is 0 Å². The Kier molecular flexibility index (Phi) is 4.64. The molecule has 2 heterocycles. The van der Waals surface area contributed by atoms with Gasteiger partial charge in [0, 0.05) is 16.3 Å². The Labute approximate surface area is 180 Å². The van der Waals surface area contributed by atoms with Gasteiger partial charge in [-0.3, -0.25) is 0 Å². The Morgan fingerprint density at radius 2 is 1.57 bits per heavy atom. The smallest absolute Gasteiger partial charge is 0.227 e. The number of allylic oxidation sites excluding steroid dienone is 1. The number of aromatic nitrogens is 3. The molecule has 0 amide bonds. The Balaban J connectivity index is 1.64. The van der Waals surface area contributed by atoms with Gasteiger partial charge in [0.25, 0.3) is 0 Å². The summed E-state index contributed by atoms with van der Waals surface area (Å²) in [5.74, 6) is 1.44. The van der Waals surface area contributed by atoms with Gasteiger partial charge in [-0.05, 0) is 48.7 Å². The van der Waals surface area contributed by atoms with Crippen molar-refractivity contribution in [2.75, 3.05) is 5.32 Å². The fourth-order valence-electron chi connectivity index (χ4n) is 3.76. The highest BCUT2D eigenvalue weighted by atomic mass is 35.5. The number of fused-ring (bicyclic) bond motifs is 1. The van der Waals surface area contributed by atoms with Crippen LogP contribution >= 0.6 is 11.6 Å². The molecule has 0 saturated carbocycles. The number of aryl methyl sites for hydroxylation is 2. The van der Waals surface area contributed by atoms with Crippen LogP contribution < -0.4 is 5.32 Å². The summed E-state index contributed by atoms with van der Waals surface area (Å²) in [4.78, 5) is 4.82. The topological polar surface area (TPSA) is 42.7 Å². The van der Waals surface area contributed by atoms with E-state index in [-0.39, 0.29) is 6.04 Å². The summed E-state index contributed by atoms with van der Waals surface area (Å²) in [6, 6.07) is 24.5. The summed E-state index contributed by atoms with van der Waals surface area (Å²) in [7, 11) is 0. The second kappa shape index (κ2) is 7.47. The molecule has 0 aliphatic carbocycles. The molecular formula is C25H21ClN4.